The number of carbonyl (C=O) groups is 1. The van der Waals surface area contributed by atoms with Crippen molar-refractivity contribution in [3.8, 4) is 0 Å². The number of carbonyl (C=O) groups excluding carboxylic acids is 1. The first-order valence-electron chi connectivity index (χ1n) is 11.2. The SMILES string of the molecule is Cc1ccc(C(=O)Nc2ccc(N3CCC(N4CCCC4C)C3)cc2C(F)(F)F)c(C)c1. The average Bonchev–Trinajstić information content (AvgIpc) is 3.36. The van der Waals surface area contributed by atoms with Crippen LogP contribution < -0.4 is 10.2 Å². The lowest BCUT2D eigenvalue weighted by molar-refractivity contribution is -0.136. The van der Waals surface area contributed by atoms with E-state index in [1.165, 1.54) is 25.0 Å². The molecule has 0 aliphatic carbocycles. The molecule has 2 fully saturated rings. The molecule has 172 valence electrons. The standard InChI is InChI=1S/C25H30F3N3O/c1-16-6-8-21(17(2)13-16)24(32)29-23-9-7-19(14-22(23)25(26,27)28)30-12-10-20(15-30)31-11-4-5-18(31)3/h6-9,13-14,18,20H,4-5,10-12,15H2,1-3H3,(H,29,32). The van der Waals surface area contributed by atoms with Crippen molar-refractivity contribution in [1.82, 2.24) is 4.90 Å². The number of rotatable bonds is 4. The normalized spacial score (nSPS) is 21.9. The quantitative estimate of drug-likeness (QED) is 0.662. The zero-order valence-electron chi connectivity index (χ0n) is 18.8. The van der Waals surface area contributed by atoms with Gasteiger partial charge in [-0.05, 0) is 76.4 Å². The fourth-order valence-corrected chi connectivity index (χ4v) is 5.08. The summed E-state index contributed by atoms with van der Waals surface area (Å²) in [6.45, 7) is 8.44. The van der Waals surface area contributed by atoms with Gasteiger partial charge in [0.15, 0.2) is 0 Å². The Hall–Kier alpha value is -2.54. The lowest BCUT2D eigenvalue weighted by Crippen LogP contribution is -2.39. The Morgan fingerprint density at radius 3 is 2.50 bits per heavy atom. The van der Waals surface area contributed by atoms with Gasteiger partial charge in [-0.2, -0.15) is 13.2 Å². The summed E-state index contributed by atoms with van der Waals surface area (Å²) in [5, 5.41) is 2.49. The van der Waals surface area contributed by atoms with Crippen LogP contribution in [-0.2, 0) is 6.18 Å². The first-order valence-corrected chi connectivity index (χ1v) is 11.2. The molecule has 0 bridgehead atoms. The smallest absolute Gasteiger partial charge is 0.370 e. The number of nitrogens with one attached hydrogen (secondary N) is 1. The Balaban J connectivity index is 1.55. The molecule has 2 aliphatic rings. The van der Waals surface area contributed by atoms with Gasteiger partial charge in [0, 0.05) is 36.4 Å². The van der Waals surface area contributed by atoms with Crippen molar-refractivity contribution in [2.24, 2.45) is 0 Å². The number of benzene rings is 2. The van der Waals surface area contributed by atoms with Gasteiger partial charge in [0.05, 0.1) is 11.3 Å². The van der Waals surface area contributed by atoms with Gasteiger partial charge in [0.1, 0.15) is 0 Å². The Bertz CT molecular complexity index is 1000. The molecule has 1 amide bonds. The minimum Gasteiger partial charge on any atom is -0.370 e. The van der Waals surface area contributed by atoms with Crippen LogP contribution in [0.4, 0.5) is 24.5 Å². The number of hydrogen-bond donors (Lipinski definition) is 1. The van der Waals surface area contributed by atoms with Gasteiger partial charge < -0.3 is 10.2 Å². The van der Waals surface area contributed by atoms with E-state index in [1.807, 2.05) is 17.9 Å². The summed E-state index contributed by atoms with van der Waals surface area (Å²) in [6.07, 6.45) is -1.24. The van der Waals surface area contributed by atoms with Crippen LogP contribution in [0.1, 0.15) is 53.2 Å². The van der Waals surface area contributed by atoms with Crippen LogP contribution in [0.5, 0.6) is 0 Å². The van der Waals surface area contributed by atoms with E-state index in [2.05, 4.69) is 17.1 Å². The highest BCUT2D eigenvalue weighted by atomic mass is 19.4. The molecular weight excluding hydrogens is 415 g/mol. The van der Waals surface area contributed by atoms with Crippen LogP contribution in [0.3, 0.4) is 0 Å². The molecule has 1 N–H and O–H groups in total. The minimum absolute atomic E-state index is 0.213. The van der Waals surface area contributed by atoms with Gasteiger partial charge in [-0.25, -0.2) is 0 Å². The second-order valence-electron chi connectivity index (χ2n) is 9.12. The maximum Gasteiger partial charge on any atom is 0.418 e. The molecule has 2 atom stereocenters. The molecule has 0 radical (unpaired) electrons. The topological polar surface area (TPSA) is 35.6 Å². The molecule has 2 heterocycles. The van der Waals surface area contributed by atoms with E-state index < -0.39 is 17.6 Å². The molecular formula is C25H30F3N3O. The van der Waals surface area contributed by atoms with Crippen molar-refractivity contribution >= 4 is 17.3 Å². The molecule has 0 spiro atoms. The predicted molar refractivity (Wildman–Crippen MR) is 121 cm³/mol. The molecule has 4 nitrogen and oxygen atoms in total. The number of nitrogens with zero attached hydrogens (tertiary/aromatic N) is 2. The van der Waals surface area contributed by atoms with Crippen molar-refractivity contribution < 1.29 is 18.0 Å². The third kappa shape index (κ3) is 4.63. The number of aryl methyl sites for hydroxylation is 2. The second-order valence-corrected chi connectivity index (χ2v) is 9.12. The molecule has 7 heteroatoms. The highest BCUT2D eigenvalue weighted by Gasteiger charge is 2.37. The molecule has 2 aromatic rings. The van der Waals surface area contributed by atoms with Gasteiger partial charge in [0.25, 0.3) is 5.91 Å². The predicted octanol–water partition coefficient (Wildman–Crippen LogP) is 5.64. The highest BCUT2D eigenvalue weighted by molar-refractivity contribution is 6.05. The van der Waals surface area contributed by atoms with Gasteiger partial charge >= 0.3 is 6.18 Å². The van der Waals surface area contributed by atoms with Crippen LogP contribution in [0.2, 0.25) is 0 Å². The van der Waals surface area contributed by atoms with E-state index in [9.17, 15) is 18.0 Å². The minimum atomic E-state index is -4.57. The summed E-state index contributed by atoms with van der Waals surface area (Å²) >= 11 is 0. The van der Waals surface area contributed by atoms with Gasteiger partial charge in [-0.15, -0.1) is 0 Å². The summed E-state index contributed by atoms with van der Waals surface area (Å²) in [5.74, 6) is -0.537. The molecule has 2 unspecified atom stereocenters. The Morgan fingerprint density at radius 2 is 1.84 bits per heavy atom. The van der Waals surface area contributed by atoms with Gasteiger partial charge in [0.2, 0.25) is 0 Å². The number of likely N-dealkylation sites (tertiary alicyclic amines) is 1. The summed E-state index contributed by atoms with van der Waals surface area (Å²) in [5.41, 5.74) is 1.62. The third-order valence-corrected chi connectivity index (χ3v) is 6.79. The Labute approximate surface area is 187 Å². The maximum atomic E-state index is 13.9. The molecule has 2 aliphatic heterocycles. The van der Waals surface area contributed by atoms with Crippen LogP contribution >= 0.6 is 0 Å². The van der Waals surface area contributed by atoms with Crippen molar-refractivity contribution in [2.45, 2.75) is 58.3 Å². The Kier molecular flexibility index (Phi) is 6.21. The number of amides is 1. The number of alkyl halides is 3. The van der Waals surface area contributed by atoms with E-state index in [4.69, 9.17) is 0 Å². The lowest BCUT2D eigenvalue weighted by Gasteiger charge is -2.29. The van der Waals surface area contributed by atoms with Crippen molar-refractivity contribution in [3.63, 3.8) is 0 Å². The summed E-state index contributed by atoms with van der Waals surface area (Å²) in [7, 11) is 0. The number of halogens is 3. The molecule has 32 heavy (non-hydrogen) atoms. The second kappa shape index (κ2) is 8.77. The van der Waals surface area contributed by atoms with Crippen LogP contribution in [0, 0.1) is 13.8 Å². The Morgan fingerprint density at radius 1 is 1.06 bits per heavy atom. The van der Waals surface area contributed by atoms with Crippen LogP contribution in [-0.4, -0.2) is 42.5 Å². The van der Waals surface area contributed by atoms with E-state index in [-0.39, 0.29) is 5.69 Å². The zero-order chi connectivity index (χ0) is 23.0. The van der Waals surface area contributed by atoms with E-state index in [0.29, 0.717) is 23.3 Å². The largest absolute Gasteiger partial charge is 0.418 e. The number of hydrogen-bond acceptors (Lipinski definition) is 3. The first-order chi connectivity index (χ1) is 15.1. The number of anilines is 2. The lowest BCUT2D eigenvalue weighted by atomic mass is 10.0. The van der Waals surface area contributed by atoms with Gasteiger partial charge in [-0.3, -0.25) is 9.69 Å². The van der Waals surface area contributed by atoms with E-state index in [1.54, 1.807) is 25.1 Å². The van der Waals surface area contributed by atoms with Crippen LogP contribution in [0.15, 0.2) is 36.4 Å². The van der Waals surface area contributed by atoms with Gasteiger partial charge in [-0.1, -0.05) is 17.7 Å². The summed E-state index contributed by atoms with van der Waals surface area (Å²) in [6, 6.07) is 10.4. The molecule has 2 saturated heterocycles. The van der Waals surface area contributed by atoms with Crippen molar-refractivity contribution in [3.05, 3.63) is 58.7 Å². The zero-order valence-corrected chi connectivity index (χ0v) is 18.8. The van der Waals surface area contributed by atoms with Crippen molar-refractivity contribution in [1.29, 1.82) is 0 Å². The fourth-order valence-electron chi connectivity index (χ4n) is 5.08. The third-order valence-electron chi connectivity index (χ3n) is 6.79. The first kappa shape index (κ1) is 22.6. The summed E-state index contributed by atoms with van der Waals surface area (Å²) in [4.78, 5) is 17.2. The fraction of sp³-hybridized carbons (Fsp3) is 0.480. The molecule has 0 saturated carbocycles. The monoisotopic (exact) mass is 445 g/mol. The van der Waals surface area contributed by atoms with Crippen LogP contribution in [0.25, 0.3) is 0 Å². The van der Waals surface area contributed by atoms with E-state index in [0.717, 1.165) is 37.2 Å². The van der Waals surface area contributed by atoms with Crippen molar-refractivity contribution in [2.75, 3.05) is 29.9 Å². The molecule has 0 aromatic heterocycles. The summed E-state index contributed by atoms with van der Waals surface area (Å²) < 4.78 is 41.7. The molecule has 2 aromatic carbocycles. The highest BCUT2D eigenvalue weighted by Crippen LogP contribution is 2.38. The van der Waals surface area contributed by atoms with E-state index >= 15 is 0 Å². The maximum absolute atomic E-state index is 13.9. The molecule has 4 rings (SSSR count). The average molecular weight is 446 g/mol.